The minimum Gasteiger partial charge on any atom is -0.357 e. The molecule has 0 saturated heterocycles. The van der Waals surface area contributed by atoms with Crippen molar-refractivity contribution in [2.75, 3.05) is 19.6 Å². The number of nitrogens with one attached hydrogen (secondary N) is 2. The van der Waals surface area contributed by atoms with Gasteiger partial charge in [-0.1, -0.05) is 54.6 Å². The van der Waals surface area contributed by atoms with Crippen LogP contribution in [0, 0.1) is 0 Å². The molecule has 0 saturated carbocycles. The van der Waals surface area contributed by atoms with Crippen LogP contribution in [0.3, 0.4) is 0 Å². The number of guanidine groups is 1. The average molecular weight is 379 g/mol. The van der Waals surface area contributed by atoms with E-state index in [1.165, 1.54) is 16.7 Å². The Morgan fingerprint density at radius 3 is 2.36 bits per heavy atom. The Labute approximate surface area is 167 Å². The van der Waals surface area contributed by atoms with Crippen LogP contribution in [0.4, 0.5) is 0 Å². The van der Waals surface area contributed by atoms with E-state index in [9.17, 15) is 4.79 Å². The fraction of sp³-hybridized carbons (Fsp3) is 0.391. The van der Waals surface area contributed by atoms with Gasteiger partial charge in [0.05, 0.1) is 0 Å². The predicted molar refractivity (Wildman–Crippen MR) is 114 cm³/mol. The summed E-state index contributed by atoms with van der Waals surface area (Å²) >= 11 is 0. The van der Waals surface area contributed by atoms with Gasteiger partial charge >= 0.3 is 0 Å². The molecule has 2 aromatic rings. The van der Waals surface area contributed by atoms with Crippen LogP contribution in [0.5, 0.6) is 0 Å². The van der Waals surface area contributed by atoms with Crippen LogP contribution in [0.2, 0.25) is 0 Å². The summed E-state index contributed by atoms with van der Waals surface area (Å²) in [6.45, 7) is 5.84. The molecule has 0 unspecified atom stereocenters. The van der Waals surface area contributed by atoms with Crippen LogP contribution >= 0.6 is 0 Å². The van der Waals surface area contributed by atoms with E-state index in [1.807, 2.05) is 23.1 Å². The van der Waals surface area contributed by atoms with E-state index in [1.54, 1.807) is 0 Å². The molecular weight excluding hydrogens is 348 g/mol. The summed E-state index contributed by atoms with van der Waals surface area (Å²) in [5, 5.41) is 6.64. The standard InChI is InChI=1S/C23H30N4O/c1-2-24-23(26-16-14-19-9-4-3-5-10-19)25-15-8-13-22(28)27-17-20-11-6-7-12-21(20)18-27/h3-7,9-12H,2,8,13-18H2,1H3,(H2,24,25,26). The smallest absolute Gasteiger partial charge is 0.223 e. The molecule has 1 amide bonds. The number of carbonyl (C=O) groups excluding carboxylic acids is 1. The summed E-state index contributed by atoms with van der Waals surface area (Å²) in [6.07, 6.45) is 2.26. The van der Waals surface area contributed by atoms with Gasteiger partial charge in [-0.2, -0.15) is 0 Å². The summed E-state index contributed by atoms with van der Waals surface area (Å²) < 4.78 is 0. The van der Waals surface area contributed by atoms with Crippen molar-refractivity contribution in [3.05, 3.63) is 71.3 Å². The first-order valence-electron chi connectivity index (χ1n) is 10.2. The first-order chi connectivity index (χ1) is 13.8. The SMILES string of the molecule is CCNC(=NCCCC(=O)N1Cc2ccccc2C1)NCCc1ccccc1. The van der Waals surface area contributed by atoms with Crippen molar-refractivity contribution in [3.8, 4) is 0 Å². The number of nitrogens with zero attached hydrogens (tertiary/aromatic N) is 2. The van der Waals surface area contributed by atoms with E-state index in [-0.39, 0.29) is 5.91 Å². The van der Waals surface area contributed by atoms with Crippen molar-refractivity contribution in [1.29, 1.82) is 0 Å². The van der Waals surface area contributed by atoms with Gasteiger partial charge in [0, 0.05) is 39.1 Å². The second-order valence-corrected chi connectivity index (χ2v) is 7.05. The van der Waals surface area contributed by atoms with Crippen LogP contribution in [-0.4, -0.2) is 36.4 Å². The molecule has 1 aliphatic heterocycles. The number of amides is 1. The Morgan fingerprint density at radius 1 is 1.00 bits per heavy atom. The lowest BCUT2D eigenvalue weighted by Gasteiger charge is -2.15. The van der Waals surface area contributed by atoms with Gasteiger partial charge in [-0.05, 0) is 36.5 Å². The molecule has 1 aliphatic rings. The molecule has 0 radical (unpaired) electrons. The van der Waals surface area contributed by atoms with Crippen molar-refractivity contribution in [2.45, 2.75) is 39.3 Å². The molecule has 3 rings (SSSR count). The van der Waals surface area contributed by atoms with E-state index in [0.717, 1.165) is 45.0 Å². The first-order valence-corrected chi connectivity index (χ1v) is 10.2. The number of hydrogen-bond donors (Lipinski definition) is 2. The van der Waals surface area contributed by atoms with Gasteiger partial charge in [-0.15, -0.1) is 0 Å². The topological polar surface area (TPSA) is 56.7 Å². The molecule has 0 bridgehead atoms. The third-order valence-electron chi connectivity index (χ3n) is 4.91. The monoisotopic (exact) mass is 378 g/mol. The van der Waals surface area contributed by atoms with Crippen molar-refractivity contribution >= 4 is 11.9 Å². The Kier molecular flexibility index (Phi) is 7.47. The number of carbonyl (C=O) groups is 1. The molecule has 28 heavy (non-hydrogen) atoms. The van der Waals surface area contributed by atoms with E-state index in [2.05, 4.69) is 58.9 Å². The number of benzene rings is 2. The van der Waals surface area contributed by atoms with Crippen LogP contribution in [0.1, 0.15) is 36.5 Å². The maximum absolute atomic E-state index is 12.5. The molecule has 2 N–H and O–H groups in total. The molecule has 0 fully saturated rings. The molecule has 0 aliphatic carbocycles. The third-order valence-corrected chi connectivity index (χ3v) is 4.91. The van der Waals surface area contributed by atoms with Crippen molar-refractivity contribution < 1.29 is 4.79 Å². The minimum absolute atomic E-state index is 0.216. The Hall–Kier alpha value is -2.82. The van der Waals surface area contributed by atoms with Gasteiger partial charge in [0.15, 0.2) is 5.96 Å². The highest BCUT2D eigenvalue weighted by atomic mass is 16.2. The van der Waals surface area contributed by atoms with Gasteiger partial charge in [0.25, 0.3) is 0 Å². The summed E-state index contributed by atoms with van der Waals surface area (Å²) in [4.78, 5) is 19.0. The van der Waals surface area contributed by atoms with Gasteiger partial charge < -0.3 is 15.5 Å². The van der Waals surface area contributed by atoms with E-state index in [0.29, 0.717) is 13.0 Å². The fourth-order valence-electron chi connectivity index (χ4n) is 3.40. The van der Waals surface area contributed by atoms with Gasteiger partial charge in [-0.25, -0.2) is 0 Å². The Balaban J connectivity index is 1.38. The van der Waals surface area contributed by atoms with Crippen LogP contribution < -0.4 is 10.6 Å². The molecular formula is C23H30N4O. The highest BCUT2D eigenvalue weighted by Gasteiger charge is 2.22. The van der Waals surface area contributed by atoms with Gasteiger partial charge in [0.1, 0.15) is 0 Å². The largest absolute Gasteiger partial charge is 0.357 e. The lowest BCUT2D eigenvalue weighted by atomic mass is 10.1. The average Bonchev–Trinajstić information content (AvgIpc) is 3.16. The van der Waals surface area contributed by atoms with Crippen LogP contribution in [0.25, 0.3) is 0 Å². The molecule has 148 valence electrons. The number of rotatable bonds is 8. The number of hydrogen-bond acceptors (Lipinski definition) is 2. The molecule has 1 heterocycles. The summed E-state index contributed by atoms with van der Waals surface area (Å²) in [5.74, 6) is 1.04. The Morgan fingerprint density at radius 2 is 1.68 bits per heavy atom. The molecule has 2 aromatic carbocycles. The minimum atomic E-state index is 0.216. The zero-order valence-corrected chi connectivity index (χ0v) is 16.7. The van der Waals surface area contributed by atoms with Crippen molar-refractivity contribution in [3.63, 3.8) is 0 Å². The van der Waals surface area contributed by atoms with E-state index < -0.39 is 0 Å². The highest BCUT2D eigenvalue weighted by molar-refractivity contribution is 5.80. The van der Waals surface area contributed by atoms with E-state index in [4.69, 9.17) is 0 Å². The van der Waals surface area contributed by atoms with Crippen LogP contribution in [0.15, 0.2) is 59.6 Å². The molecule has 0 aromatic heterocycles. The summed E-state index contributed by atoms with van der Waals surface area (Å²) in [5.41, 5.74) is 3.85. The van der Waals surface area contributed by atoms with Crippen molar-refractivity contribution in [2.24, 2.45) is 4.99 Å². The second-order valence-electron chi connectivity index (χ2n) is 7.05. The quantitative estimate of drug-likeness (QED) is 0.422. The lowest BCUT2D eigenvalue weighted by molar-refractivity contribution is -0.131. The fourth-order valence-corrected chi connectivity index (χ4v) is 3.40. The van der Waals surface area contributed by atoms with Crippen molar-refractivity contribution in [1.82, 2.24) is 15.5 Å². The maximum Gasteiger partial charge on any atom is 0.223 e. The number of fused-ring (bicyclic) bond motifs is 1. The second kappa shape index (κ2) is 10.5. The van der Waals surface area contributed by atoms with Gasteiger partial charge in [-0.3, -0.25) is 9.79 Å². The number of aliphatic imine (C=N–C) groups is 1. The zero-order valence-electron chi connectivity index (χ0n) is 16.7. The predicted octanol–water partition coefficient (Wildman–Crippen LogP) is 3.11. The zero-order chi connectivity index (χ0) is 19.6. The summed E-state index contributed by atoms with van der Waals surface area (Å²) in [6, 6.07) is 18.7. The molecule has 0 spiro atoms. The van der Waals surface area contributed by atoms with E-state index >= 15 is 0 Å². The lowest BCUT2D eigenvalue weighted by Crippen LogP contribution is -2.38. The first kappa shape index (κ1) is 19.9. The maximum atomic E-state index is 12.5. The molecule has 5 nitrogen and oxygen atoms in total. The van der Waals surface area contributed by atoms with Gasteiger partial charge in [0.2, 0.25) is 5.91 Å². The summed E-state index contributed by atoms with van der Waals surface area (Å²) in [7, 11) is 0. The third kappa shape index (κ3) is 5.84. The van der Waals surface area contributed by atoms with Crippen LogP contribution in [-0.2, 0) is 24.3 Å². The normalized spacial score (nSPS) is 13.3. The molecule has 0 atom stereocenters. The highest BCUT2D eigenvalue weighted by Crippen LogP contribution is 2.22. The Bertz CT molecular complexity index is 763. The molecule has 5 heteroatoms.